The van der Waals surface area contributed by atoms with E-state index in [0.717, 1.165) is 16.5 Å². The second kappa shape index (κ2) is 8.84. The molecule has 3 atom stereocenters. The summed E-state index contributed by atoms with van der Waals surface area (Å²) in [4.78, 5) is 49.0. The van der Waals surface area contributed by atoms with Crippen LogP contribution >= 0.6 is 0 Å². The Balaban J connectivity index is 0.00000341. The Labute approximate surface area is 199 Å². The zero-order chi connectivity index (χ0) is 22.4. The molecule has 3 heterocycles. The van der Waals surface area contributed by atoms with Crippen LogP contribution in [0.2, 0.25) is 0 Å². The Morgan fingerprint density at radius 3 is 2.29 bits per heavy atom. The first kappa shape index (κ1) is 25.2. The van der Waals surface area contributed by atoms with Gasteiger partial charge in [-0.25, -0.2) is 22.7 Å². The van der Waals surface area contributed by atoms with Crippen molar-refractivity contribution in [2.75, 3.05) is 13.2 Å². The molecule has 2 aliphatic rings. The number of carbonyl (C=O) groups is 4. The van der Waals surface area contributed by atoms with E-state index in [1.54, 1.807) is 0 Å². The van der Waals surface area contributed by atoms with Gasteiger partial charge in [0.05, 0.1) is 38.2 Å². The number of amides is 1. The fourth-order valence-electron chi connectivity index (χ4n) is 3.73. The van der Waals surface area contributed by atoms with E-state index in [4.69, 9.17) is 9.47 Å². The first-order valence-electron chi connectivity index (χ1n) is 9.04. The Morgan fingerprint density at radius 2 is 1.77 bits per heavy atom. The SMILES string of the molecule is CCOC(=O)c1nnn(C[C@@]2(C)[C@H](C(=O)[O-])N3C(=O)C[C@H]3S2(=O)=O)c1C(=O)OCC.[Na+]. The van der Waals surface area contributed by atoms with E-state index < -0.39 is 67.7 Å². The predicted octanol–water partition coefficient (Wildman–Crippen LogP) is -5.50. The standard InChI is InChI=1S/C16H20N4O9S.Na/c1-4-28-14(24)10-11(15(25)29-5-2)19(18-17-10)7-16(3)12(13(22)23)20-8(21)6-9(20)30(16,26)27;/h9,12H,4-7H2,1-3H3,(H,22,23);/q;+1/p-1/t9-,12+,16+;/m1./s1. The zero-order valence-corrected chi connectivity index (χ0v) is 20.2. The minimum atomic E-state index is -4.20. The van der Waals surface area contributed by atoms with Crippen LogP contribution in [0.1, 0.15) is 48.2 Å². The topological polar surface area (TPSA) is 178 Å². The molecule has 2 saturated heterocycles. The molecule has 0 bridgehead atoms. The molecule has 2 fully saturated rings. The number of rotatable bonds is 7. The van der Waals surface area contributed by atoms with Crippen LogP contribution in [0.5, 0.6) is 0 Å². The Bertz CT molecular complexity index is 1040. The van der Waals surface area contributed by atoms with Gasteiger partial charge in [-0.3, -0.25) is 4.79 Å². The molecule has 0 aromatic carbocycles. The molecule has 3 rings (SSSR count). The predicted molar refractivity (Wildman–Crippen MR) is 93.3 cm³/mol. The van der Waals surface area contributed by atoms with Crippen LogP contribution in [0.15, 0.2) is 0 Å². The maximum Gasteiger partial charge on any atom is 1.00 e. The van der Waals surface area contributed by atoms with Gasteiger partial charge in [-0.15, -0.1) is 5.10 Å². The third-order valence-electron chi connectivity index (χ3n) is 5.17. The van der Waals surface area contributed by atoms with Gasteiger partial charge in [0.15, 0.2) is 15.5 Å². The number of aliphatic carboxylic acids is 1. The molecule has 15 heteroatoms. The van der Waals surface area contributed by atoms with Crippen molar-refractivity contribution in [1.29, 1.82) is 0 Å². The summed E-state index contributed by atoms with van der Waals surface area (Å²) in [6.07, 6.45) is -0.349. The summed E-state index contributed by atoms with van der Waals surface area (Å²) in [5.74, 6) is -4.41. The van der Waals surface area contributed by atoms with Gasteiger partial charge in [0.2, 0.25) is 11.6 Å². The molecule has 1 aromatic rings. The fourth-order valence-corrected chi connectivity index (χ4v) is 6.08. The van der Waals surface area contributed by atoms with Crippen LogP contribution in [0.4, 0.5) is 0 Å². The summed E-state index contributed by atoms with van der Waals surface area (Å²) in [5, 5.41) is 17.7. The van der Waals surface area contributed by atoms with Gasteiger partial charge in [0.1, 0.15) is 10.1 Å². The van der Waals surface area contributed by atoms with Crippen LogP contribution < -0.4 is 34.7 Å². The van der Waals surface area contributed by atoms with Gasteiger partial charge in [-0.1, -0.05) is 5.21 Å². The number of carboxylic acids is 1. The average Bonchev–Trinajstić information content (AvgIpc) is 3.11. The molecule has 31 heavy (non-hydrogen) atoms. The van der Waals surface area contributed by atoms with Crippen LogP contribution in [0.3, 0.4) is 0 Å². The van der Waals surface area contributed by atoms with E-state index >= 15 is 0 Å². The molecule has 0 saturated carbocycles. The third-order valence-corrected chi connectivity index (χ3v) is 7.93. The van der Waals surface area contributed by atoms with E-state index in [1.165, 1.54) is 13.8 Å². The molecule has 1 amide bonds. The van der Waals surface area contributed by atoms with E-state index in [2.05, 4.69) is 10.3 Å². The number of carbonyl (C=O) groups excluding carboxylic acids is 4. The molecule has 0 aliphatic carbocycles. The summed E-state index contributed by atoms with van der Waals surface area (Å²) < 4.78 is 34.5. The zero-order valence-electron chi connectivity index (χ0n) is 17.4. The summed E-state index contributed by atoms with van der Waals surface area (Å²) in [6.45, 7) is 3.40. The van der Waals surface area contributed by atoms with E-state index in [0.29, 0.717) is 0 Å². The van der Waals surface area contributed by atoms with Gasteiger partial charge in [0.25, 0.3) is 0 Å². The van der Waals surface area contributed by atoms with Crippen molar-refractivity contribution in [2.24, 2.45) is 0 Å². The van der Waals surface area contributed by atoms with Gasteiger partial charge >= 0.3 is 41.5 Å². The van der Waals surface area contributed by atoms with Crippen molar-refractivity contribution < 1.29 is 71.7 Å². The number of fused-ring (bicyclic) bond motifs is 1. The largest absolute Gasteiger partial charge is 1.00 e. The number of nitrogens with zero attached hydrogens (tertiary/aromatic N) is 4. The Kier molecular flexibility index (Phi) is 7.20. The van der Waals surface area contributed by atoms with Crippen LogP contribution in [-0.2, 0) is 35.4 Å². The van der Waals surface area contributed by atoms with Gasteiger partial charge < -0.3 is 24.3 Å². The molecule has 1 aromatic heterocycles. The number of sulfone groups is 1. The summed E-state index contributed by atoms with van der Waals surface area (Å²) in [7, 11) is -4.20. The molecule has 0 N–H and O–H groups in total. The summed E-state index contributed by atoms with van der Waals surface area (Å²) >= 11 is 0. The van der Waals surface area contributed by atoms with Crippen molar-refractivity contribution in [1.82, 2.24) is 19.9 Å². The van der Waals surface area contributed by atoms with E-state index in [-0.39, 0.29) is 49.2 Å². The van der Waals surface area contributed by atoms with E-state index in [9.17, 15) is 32.7 Å². The van der Waals surface area contributed by atoms with Crippen molar-refractivity contribution in [3.8, 4) is 0 Å². The number of esters is 2. The van der Waals surface area contributed by atoms with E-state index in [1.807, 2.05) is 0 Å². The number of aromatic nitrogens is 3. The third kappa shape index (κ3) is 3.75. The molecule has 0 spiro atoms. The minimum Gasteiger partial charge on any atom is -0.548 e. The molecule has 2 aliphatic heterocycles. The van der Waals surface area contributed by atoms with Crippen molar-refractivity contribution >= 4 is 33.7 Å². The minimum absolute atomic E-state index is 0. The number of hydrogen-bond donors (Lipinski definition) is 0. The smallest absolute Gasteiger partial charge is 0.548 e. The Morgan fingerprint density at radius 1 is 1.19 bits per heavy atom. The first-order chi connectivity index (χ1) is 14.0. The van der Waals surface area contributed by atoms with Crippen molar-refractivity contribution in [3.05, 3.63) is 11.4 Å². The number of β-lactam (4-membered cyclic amide) rings is 1. The molecule has 0 unspecified atom stereocenters. The molecular weight excluding hydrogens is 447 g/mol. The first-order valence-corrected chi connectivity index (χ1v) is 10.6. The maximum atomic E-state index is 13.0. The summed E-state index contributed by atoms with van der Waals surface area (Å²) in [6, 6.07) is -1.81. The number of ether oxygens (including phenoxy) is 2. The molecule has 164 valence electrons. The van der Waals surface area contributed by atoms with Crippen LogP contribution in [-0.4, -0.2) is 81.5 Å². The Hall–Kier alpha value is -2.03. The van der Waals surface area contributed by atoms with Gasteiger partial charge in [-0.2, -0.15) is 0 Å². The second-order valence-electron chi connectivity index (χ2n) is 6.92. The monoisotopic (exact) mass is 466 g/mol. The van der Waals surface area contributed by atoms with Crippen LogP contribution in [0, 0.1) is 0 Å². The maximum absolute atomic E-state index is 13.0. The normalized spacial score (nSPS) is 25.8. The average molecular weight is 466 g/mol. The molecule has 13 nitrogen and oxygen atoms in total. The summed E-state index contributed by atoms with van der Waals surface area (Å²) in [5.41, 5.74) is -0.983. The molecule has 0 radical (unpaired) electrons. The quantitative estimate of drug-likeness (QED) is 0.213. The second-order valence-corrected chi connectivity index (χ2v) is 9.49. The van der Waals surface area contributed by atoms with Crippen molar-refractivity contribution in [2.45, 2.75) is 49.9 Å². The van der Waals surface area contributed by atoms with Crippen LogP contribution in [0.25, 0.3) is 0 Å². The number of hydrogen-bond acceptors (Lipinski definition) is 11. The van der Waals surface area contributed by atoms with Crippen molar-refractivity contribution in [3.63, 3.8) is 0 Å². The van der Waals surface area contributed by atoms with Gasteiger partial charge in [-0.05, 0) is 20.8 Å². The molecular formula is C16H19N4NaO9S. The number of carboxylic acid groups (broad SMARTS) is 1. The fraction of sp³-hybridized carbons (Fsp3) is 0.625. The van der Waals surface area contributed by atoms with Gasteiger partial charge in [0, 0.05) is 0 Å².